The molecule has 12 rings (SSSR count). The predicted octanol–water partition coefficient (Wildman–Crippen LogP) is 34.1. The fourth-order valence-corrected chi connectivity index (χ4v) is 11.7. The van der Waals surface area contributed by atoms with Gasteiger partial charge in [-0.25, -0.2) is 6.57 Å². The highest BCUT2D eigenvalue weighted by molar-refractivity contribution is 5.91. The first-order chi connectivity index (χ1) is 61.2. The summed E-state index contributed by atoms with van der Waals surface area (Å²) in [4.78, 5) is 30.7. The molecule has 0 bridgehead atoms. The Balaban J connectivity index is -0.000000454. The van der Waals surface area contributed by atoms with E-state index in [4.69, 9.17) is 12.3 Å². The van der Waals surface area contributed by atoms with Gasteiger partial charge in [0.25, 0.3) is 0 Å². The molecular formula is C117H171N7O3. The zero-order valence-corrected chi connectivity index (χ0v) is 86.0. The number of nitrogens with one attached hydrogen (secondary N) is 1. The van der Waals surface area contributed by atoms with E-state index in [1.54, 1.807) is 6.92 Å². The number of benzene rings is 10. The quantitative estimate of drug-likeness (QED) is 0.0288. The number of Topliss-reactive ketones (excluding diaryl/α,β-unsaturated/α-hetero) is 1. The lowest BCUT2D eigenvalue weighted by atomic mass is 9.92. The molecule has 1 fully saturated rings. The maximum atomic E-state index is 11.3. The Labute approximate surface area is 777 Å². The molecule has 1 aliphatic rings. The molecule has 2 heterocycles. The van der Waals surface area contributed by atoms with Gasteiger partial charge in [0, 0.05) is 46.1 Å². The van der Waals surface area contributed by atoms with E-state index in [0.717, 1.165) is 89.0 Å². The van der Waals surface area contributed by atoms with Crippen LogP contribution in [-0.4, -0.2) is 33.7 Å². The summed E-state index contributed by atoms with van der Waals surface area (Å²) in [5.74, 6) is 0.0451. The van der Waals surface area contributed by atoms with E-state index in [-0.39, 0.29) is 17.7 Å². The van der Waals surface area contributed by atoms with Gasteiger partial charge in [-0.15, -0.1) is 0 Å². The summed E-state index contributed by atoms with van der Waals surface area (Å²) in [6.45, 7) is 83.9. The first-order valence-corrected chi connectivity index (χ1v) is 47.2. The van der Waals surface area contributed by atoms with Crippen molar-refractivity contribution in [3.8, 4) is 23.0 Å². The number of nitrogens with two attached hydrogens (primary N) is 1. The Morgan fingerprint density at radius 1 is 0.512 bits per heavy atom. The van der Waals surface area contributed by atoms with Gasteiger partial charge in [0.15, 0.2) is 5.78 Å². The number of aryl methyl sites for hydroxylation is 11. The van der Waals surface area contributed by atoms with Gasteiger partial charge < -0.3 is 20.7 Å². The van der Waals surface area contributed by atoms with Crippen LogP contribution in [0.2, 0.25) is 0 Å². The maximum absolute atomic E-state index is 11.3. The summed E-state index contributed by atoms with van der Waals surface area (Å²) in [5.41, 5.74) is 30.7. The number of hydrogen-bond donors (Lipinski definition) is 3. The van der Waals surface area contributed by atoms with Gasteiger partial charge in [0.2, 0.25) is 0 Å². The molecule has 4 atom stereocenters. The summed E-state index contributed by atoms with van der Waals surface area (Å²) in [5, 5.41) is 23.8. The van der Waals surface area contributed by atoms with Crippen molar-refractivity contribution in [3.63, 3.8) is 0 Å². The lowest BCUT2D eigenvalue weighted by molar-refractivity contribution is -0.113. The highest BCUT2D eigenvalue weighted by atomic mass is 16.3. The molecule has 10 aromatic carbocycles. The molecule has 4 N–H and O–H groups in total. The largest absolute Gasteiger partial charge is 0.399 e. The van der Waals surface area contributed by atoms with E-state index in [0.29, 0.717) is 12.0 Å². The topological polar surface area (TPSA) is 141 Å². The zero-order valence-electron chi connectivity index (χ0n) is 86.0. The lowest BCUT2D eigenvalue weighted by Gasteiger charge is -2.38. The van der Waals surface area contributed by atoms with Crippen LogP contribution in [0.5, 0.6) is 0 Å². The van der Waals surface area contributed by atoms with Crippen LogP contribution in [0.25, 0.3) is 21.8 Å². The zero-order chi connectivity index (χ0) is 98.2. The second kappa shape index (κ2) is 74.8. The molecule has 692 valence electrons. The average molecular weight is 1720 g/mol. The average Bonchev–Trinajstić information content (AvgIpc) is 1.57. The number of aliphatic imine (C=N–C) groups is 1. The van der Waals surface area contributed by atoms with Crippen molar-refractivity contribution >= 4 is 41.0 Å². The van der Waals surface area contributed by atoms with Crippen LogP contribution < -0.4 is 16.0 Å². The summed E-state index contributed by atoms with van der Waals surface area (Å²) in [6.07, 6.45) is 8.54. The van der Waals surface area contributed by atoms with Crippen molar-refractivity contribution in [2.24, 2.45) is 10.9 Å². The normalized spacial score (nSPS) is 12.9. The van der Waals surface area contributed by atoms with Gasteiger partial charge in [-0.3, -0.25) is 24.3 Å². The second-order valence-electron chi connectivity index (χ2n) is 27.7. The van der Waals surface area contributed by atoms with E-state index in [1.165, 1.54) is 85.2 Å². The minimum absolute atomic E-state index is 0.0197. The number of aldehydes is 1. The molecule has 1 aliphatic heterocycles. The molecule has 11 aromatic rings. The van der Waals surface area contributed by atoms with Crippen molar-refractivity contribution in [2.75, 3.05) is 16.0 Å². The van der Waals surface area contributed by atoms with Crippen LogP contribution in [0.15, 0.2) is 266 Å². The molecule has 4 unspecified atom stereocenters. The van der Waals surface area contributed by atoms with Crippen LogP contribution >= 0.6 is 0 Å². The van der Waals surface area contributed by atoms with Crippen molar-refractivity contribution in [1.29, 1.82) is 5.26 Å². The number of allylic oxidation sites excluding steroid dienone is 1. The van der Waals surface area contributed by atoms with Gasteiger partial charge in [-0.1, -0.05) is 384 Å². The Bertz CT molecular complexity index is 4630. The molecule has 1 saturated heterocycles. The first-order valence-electron chi connectivity index (χ1n) is 47.2. The van der Waals surface area contributed by atoms with Crippen molar-refractivity contribution in [3.05, 3.63) is 361 Å². The number of ketones is 1. The SMILES string of the molecule is C=C(C)C(C)=O.CC.CC.CC.CC.CC.CC.CC.CC.CC.CC.CCc1ccc(-c2cc(C)c(C)n2-c2ccc(C)cc2)cc1.CCc1ccc(C(C#N)Nc2ccc(C)cc2)cc1.CCc1ccc(C=Nc2ccc(C)cc2)cc1.CCc1ccc(C=O)cc1.Cc1ccc(N)cc1.[C-]#[N+]C1(c2ccc(CC)cc2)CC(C)C(C)(O)N1c1ccc(C)cc1. The summed E-state index contributed by atoms with van der Waals surface area (Å²) >= 11 is 0. The maximum Gasteiger partial charge on any atom is 0.336 e. The highest BCUT2D eigenvalue weighted by Crippen LogP contribution is 2.53. The van der Waals surface area contributed by atoms with Gasteiger partial charge in [0.05, 0.1) is 29.4 Å². The third-order valence-corrected chi connectivity index (χ3v) is 19.3. The third-order valence-electron chi connectivity index (χ3n) is 19.3. The fourth-order valence-electron chi connectivity index (χ4n) is 11.7. The molecule has 0 aliphatic carbocycles. The minimum atomic E-state index is -1.08. The second-order valence-corrected chi connectivity index (χ2v) is 27.7. The molecular weight excluding hydrogens is 1550 g/mol. The number of carbonyl (C=O) groups is 2. The molecule has 0 amide bonds. The van der Waals surface area contributed by atoms with Crippen LogP contribution in [0.1, 0.15) is 307 Å². The number of aromatic nitrogens is 1. The third kappa shape index (κ3) is 45.0. The number of nitrogen functional groups attached to an aromatic ring is 1. The highest BCUT2D eigenvalue weighted by Gasteiger charge is 2.62. The Kier molecular flexibility index (Phi) is 73.1. The van der Waals surface area contributed by atoms with Gasteiger partial charge >= 0.3 is 5.66 Å². The van der Waals surface area contributed by atoms with Crippen LogP contribution in [0, 0.1) is 72.3 Å². The number of rotatable bonds is 16. The van der Waals surface area contributed by atoms with Crippen molar-refractivity contribution < 1.29 is 14.7 Å². The van der Waals surface area contributed by atoms with Gasteiger partial charge in [-0.05, 0) is 236 Å². The van der Waals surface area contributed by atoms with Gasteiger partial charge in [0.1, 0.15) is 18.1 Å². The number of hydrogen-bond acceptors (Lipinski definition) is 8. The molecule has 10 heteroatoms. The van der Waals surface area contributed by atoms with E-state index >= 15 is 0 Å². The summed E-state index contributed by atoms with van der Waals surface area (Å²) in [6, 6.07) is 86.7. The molecule has 1 aromatic heterocycles. The van der Waals surface area contributed by atoms with Crippen molar-refractivity contribution in [2.45, 2.75) is 305 Å². The van der Waals surface area contributed by atoms with Crippen LogP contribution in [-0.2, 0) is 42.6 Å². The Morgan fingerprint density at radius 2 is 0.835 bits per heavy atom. The number of aliphatic hydroxyl groups is 1. The number of carbonyl (C=O) groups excluding carboxylic acids is 2. The fraction of sp³-hybridized carbons (Fsp3) is 0.393. The predicted molar refractivity (Wildman–Crippen MR) is 566 cm³/mol. The summed E-state index contributed by atoms with van der Waals surface area (Å²) < 4.78 is 2.36. The number of anilines is 3. The smallest absolute Gasteiger partial charge is 0.336 e. The van der Waals surface area contributed by atoms with Crippen LogP contribution in [0.3, 0.4) is 0 Å². The molecule has 0 saturated carbocycles. The number of nitriles is 1. The van der Waals surface area contributed by atoms with E-state index in [2.05, 4.69) is 217 Å². The summed E-state index contributed by atoms with van der Waals surface area (Å²) in [7, 11) is 0. The standard InChI is InChI=1S/C22H26N2O.C21H23N.C17H18N2.C16H17N.C9H10O.C7H9N.C5H8O.10C2H6/c1-6-18-9-11-19(12-10-18)22(23-5)15-17(3)21(4,25)24(22)20-13-7-16(2)8-14-20;1-5-18-8-10-19(11-9-18)21-14-16(3)17(4)22(21)20-12-6-15(2)7-13-20;1-3-14-6-8-15(9-7-14)17(12-18)19-16-10-4-13(2)5-11-16;1-3-14-6-8-15(9-7-14)12-17-16-10-4-13(2)5-11-16;1-2-8-3-5-9(7-10)6-4-8;1-6-2-4-7(8)5-3-6;1-4(2)5(3)6;10*1-2/h7-14,17,25H,6,15H2,1-4H3;6-14H,5H2,1-4H3;4-11,17,19H,3H2,1-2H3;4-12H,3H2,1-2H3;3-7H,2H2,1H3;2-5H,8H2,1H3;1H2,2-3H3;10*1-2H3. The first kappa shape index (κ1) is 124. The van der Waals surface area contributed by atoms with E-state index in [9.17, 15) is 20.0 Å². The van der Waals surface area contributed by atoms with E-state index in [1.807, 2.05) is 311 Å². The minimum Gasteiger partial charge on any atom is -0.399 e. The molecule has 127 heavy (non-hydrogen) atoms. The lowest BCUT2D eigenvalue weighted by Crippen LogP contribution is -2.51. The number of nitrogens with zero attached hydrogens (tertiary/aromatic N) is 5. The van der Waals surface area contributed by atoms with Crippen LogP contribution in [0.4, 0.5) is 22.7 Å². The molecule has 10 nitrogen and oxygen atoms in total. The molecule has 0 radical (unpaired) electrons. The Hall–Kier alpha value is -11.4. The Morgan fingerprint density at radius 3 is 1.17 bits per heavy atom. The monoisotopic (exact) mass is 1720 g/mol. The van der Waals surface area contributed by atoms with E-state index < -0.39 is 11.4 Å². The van der Waals surface area contributed by atoms with Crippen molar-refractivity contribution in [1.82, 2.24) is 4.57 Å². The van der Waals surface area contributed by atoms with Gasteiger partial charge in [-0.2, -0.15) is 5.26 Å². The molecule has 0 spiro atoms.